The Morgan fingerprint density at radius 1 is 1.10 bits per heavy atom. The van der Waals surface area contributed by atoms with Gasteiger partial charge >= 0.3 is 0 Å². The summed E-state index contributed by atoms with van der Waals surface area (Å²) in [5.41, 5.74) is 3.10. The smallest absolute Gasteiger partial charge is 0.133 e. The molecule has 1 aromatic carbocycles. The summed E-state index contributed by atoms with van der Waals surface area (Å²) in [6, 6.07) is 14.1. The first-order chi connectivity index (χ1) is 10.3. The highest BCUT2D eigenvalue weighted by Gasteiger charge is 2.05. The van der Waals surface area contributed by atoms with Crippen molar-refractivity contribution < 1.29 is 0 Å². The minimum Gasteiger partial charge on any atom is -0.239 e. The highest BCUT2D eigenvalue weighted by molar-refractivity contribution is 7.97. The molecule has 0 aliphatic heterocycles. The van der Waals surface area contributed by atoms with Gasteiger partial charge in [-0.25, -0.2) is 4.98 Å². The van der Waals surface area contributed by atoms with Crippen molar-refractivity contribution in [2.45, 2.75) is 11.5 Å². The molecule has 3 aromatic rings. The van der Waals surface area contributed by atoms with Gasteiger partial charge < -0.3 is 0 Å². The zero-order chi connectivity index (χ0) is 14.5. The Morgan fingerprint density at radius 3 is 2.67 bits per heavy atom. The van der Waals surface area contributed by atoms with Crippen molar-refractivity contribution in [1.29, 1.82) is 5.26 Å². The number of thiophene rings is 1. The number of aromatic nitrogens is 1. The monoisotopic (exact) mass is 328 g/mol. The summed E-state index contributed by atoms with van der Waals surface area (Å²) in [4.78, 5) is 5.92. The number of rotatable bonds is 5. The van der Waals surface area contributed by atoms with E-state index >= 15 is 0 Å². The Labute approximate surface area is 136 Å². The van der Waals surface area contributed by atoms with Crippen LogP contribution in [0.3, 0.4) is 0 Å². The van der Waals surface area contributed by atoms with E-state index in [1.54, 1.807) is 22.7 Å². The maximum atomic E-state index is 8.77. The lowest BCUT2D eigenvalue weighted by molar-refractivity contribution is 1.23. The second-order valence-corrected chi connectivity index (χ2v) is 7.21. The van der Waals surface area contributed by atoms with E-state index in [-0.39, 0.29) is 0 Å². The Kier molecular flexibility index (Phi) is 4.71. The quantitative estimate of drug-likeness (QED) is 0.648. The molecule has 0 aliphatic rings. The van der Waals surface area contributed by atoms with Crippen molar-refractivity contribution in [2.24, 2.45) is 0 Å². The SMILES string of the molecule is N#Cc1ccc(CSCc2csc(-c3cccs3)n2)cc1. The van der Waals surface area contributed by atoms with Crippen molar-refractivity contribution in [3.8, 4) is 16.0 Å². The summed E-state index contributed by atoms with van der Waals surface area (Å²) in [5, 5.41) is 14.1. The van der Waals surface area contributed by atoms with Crippen molar-refractivity contribution >= 4 is 34.4 Å². The first kappa shape index (κ1) is 14.3. The second kappa shape index (κ2) is 6.90. The summed E-state index contributed by atoms with van der Waals surface area (Å²) < 4.78 is 0. The fourth-order valence-electron chi connectivity index (χ4n) is 1.84. The zero-order valence-corrected chi connectivity index (χ0v) is 13.6. The molecule has 0 amide bonds. The number of hydrogen-bond donors (Lipinski definition) is 0. The van der Waals surface area contributed by atoms with E-state index < -0.39 is 0 Å². The summed E-state index contributed by atoms with van der Waals surface area (Å²) >= 11 is 5.28. The van der Waals surface area contributed by atoms with Crippen LogP contribution in [0.2, 0.25) is 0 Å². The molecule has 0 atom stereocenters. The van der Waals surface area contributed by atoms with E-state index in [9.17, 15) is 0 Å². The fraction of sp³-hybridized carbons (Fsp3) is 0.125. The van der Waals surface area contributed by atoms with Crippen LogP contribution in [0, 0.1) is 11.3 Å². The van der Waals surface area contributed by atoms with E-state index in [4.69, 9.17) is 5.26 Å². The molecule has 0 fully saturated rings. The third-order valence-electron chi connectivity index (χ3n) is 2.89. The summed E-state index contributed by atoms with van der Waals surface area (Å²) in [6.45, 7) is 0. The minimum absolute atomic E-state index is 0.712. The maximum Gasteiger partial charge on any atom is 0.133 e. The maximum absolute atomic E-state index is 8.77. The normalized spacial score (nSPS) is 10.4. The summed E-state index contributed by atoms with van der Waals surface area (Å²) in [5.74, 6) is 1.86. The van der Waals surface area contributed by atoms with E-state index in [1.165, 1.54) is 10.4 Å². The van der Waals surface area contributed by atoms with Crippen LogP contribution >= 0.6 is 34.4 Å². The van der Waals surface area contributed by atoms with Gasteiger partial charge in [-0.2, -0.15) is 17.0 Å². The fourth-order valence-corrected chi connectivity index (χ4v) is 4.46. The highest BCUT2D eigenvalue weighted by atomic mass is 32.2. The molecule has 2 aromatic heterocycles. The zero-order valence-electron chi connectivity index (χ0n) is 11.2. The molecule has 3 rings (SSSR count). The molecule has 2 nitrogen and oxygen atoms in total. The van der Waals surface area contributed by atoms with Crippen molar-refractivity contribution in [1.82, 2.24) is 4.98 Å². The molecule has 0 aliphatic carbocycles. The Balaban J connectivity index is 1.54. The van der Waals surface area contributed by atoms with Gasteiger partial charge in [0.15, 0.2) is 0 Å². The second-order valence-electron chi connectivity index (χ2n) is 4.42. The first-order valence-electron chi connectivity index (χ1n) is 6.40. The molecular weight excluding hydrogens is 316 g/mol. The lowest BCUT2D eigenvalue weighted by Crippen LogP contribution is -1.84. The van der Waals surface area contributed by atoms with Gasteiger partial charge in [-0.15, -0.1) is 22.7 Å². The molecule has 0 radical (unpaired) electrons. The van der Waals surface area contributed by atoms with Gasteiger partial charge in [-0.1, -0.05) is 18.2 Å². The third kappa shape index (κ3) is 3.73. The van der Waals surface area contributed by atoms with Crippen LogP contribution in [0.15, 0.2) is 47.2 Å². The molecule has 21 heavy (non-hydrogen) atoms. The predicted molar refractivity (Wildman–Crippen MR) is 91.6 cm³/mol. The number of nitrogens with zero attached hydrogens (tertiary/aromatic N) is 2. The highest BCUT2D eigenvalue weighted by Crippen LogP contribution is 2.29. The number of benzene rings is 1. The Bertz CT molecular complexity index is 737. The van der Waals surface area contributed by atoms with Gasteiger partial charge in [0.2, 0.25) is 0 Å². The van der Waals surface area contributed by atoms with Crippen LogP contribution in [0.25, 0.3) is 9.88 Å². The van der Waals surface area contributed by atoms with Crippen molar-refractivity contribution in [3.63, 3.8) is 0 Å². The lowest BCUT2D eigenvalue weighted by Gasteiger charge is -2.00. The molecule has 0 spiro atoms. The predicted octanol–water partition coefficient (Wildman–Crippen LogP) is 5.18. The average molecular weight is 328 g/mol. The molecule has 2 heterocycles. The average Bonchev–Trinajstić information content (AvgIpc) is 3.19. The van der Waals surface area contributed by atoms with E-state index in [0.29, 0.717) is 5.56 Å². The van der Waals surface area contributed by atoms with Crippen LogP contribution < -0.4 is 0 Å². The Morgan fingerprint density at radius 2 is 1.95 bits per heavy atom. The number of nitriles is 1. The molecule has 0 saturated carbocycles. The van der Waals surface area contributed by atoms with Crippen LogP contribution in [0.1, 0.15) is 16.8 Å². The van der Waals surface area contributed by atoms with Crippen molar-refractivity contribution in [2.75, 3.05) is 0 Å². The number of thioether (sulfide) groups is 1. The van der Waals surface area contributed by atoms with Gasteiger partial charge in [-0.05, 0) is 29.1 Å². The van der Waals surface area contributed by atoms with E-state index in [0.717, 1.165) is 22.2 Å². The van der Waals surface area contributed by atoms with Gasteiger partial charge in [0, 0.05) is 16.9 Å². The van der Waals surface area contributed by atoms with Crippen LogP contribution in [0.4, 0.5) is 0 Å². The number of thiazole rings is 1. The topological polar surface area (TPSA) is 36.7 Å². The van der Waals surface area contributed by atoms with Gasteiger partial charge in [-0.3, -0.25) is 0 Å². The molecular formula is C16H12N2S3. The molecule has 0 saturated heterocycles. The van der Waals surface area contributed by atoms with Gasteiger partial charge in [0.05, 0.1) is 22.2 Å². The summed E-state index contributed by atoms with van der Waals surface area (Å²) in [7, 11) is 0. The third-order valence-corrected chi connectivity index (χ3v) is 5.85. The van der Waals surface area contributed by atoms with Crippen LogP contribution in [-0.4, -0.2) is 4.98 Å². The minimum atomic E-state index is 0.712. The van der Waals surface area contributed by atoms with Crippen LogP contribution in [0.5, 0.6) is 0 Å². The summed E-state index contributed by atoms with van der Waals surface area (Å²) in [6.07, 6.45) is 0. The lowest BCUT2D eigenvalue weighted by atomic mass is 10.2. The molecule has 0 N–H and O–H groups in total. The van der Waals surface area contributed by atoms with Gasteiger partial charge in [0.1, 0.15) is 5.01 Å². The molecule has 0 unspecified atom stereocenters. The van der Waals surface area contributed by atoms with E-state index in [1.807, 2.05) is 36.0 Å². The molecule has 104 valence electrons. The molecule has 0 bridgehead atoms. The van der Waals surface area contributed by atoms with E-state index in [2.05, 4.69) is 33.9 Å². The molecule has 5 heteroatoms. The van der Waals surface area contributed by atoms with Gasteiger partial charge in [0.25, 0.3) is 0 Å². The Hall–Kier alpha value is -1.61. The number of hydrogen-bond acceptors (Lipinski definition) is 5. The van der Waals surface area contributed by atoms with Crippen molar-refractivity contribution in [3.05, 3.63) is 64.0 Å². The largest absolute Gasteiger partial charge is 0.239 e. The standard InChI is InChI=1S/C16H12N2S3/c17-8-12-3-5-13(6-4-12)9-19-10-14-11-21-16(18-14)15-2-1-7-20-15/h1-7,11H,9-10H2. The first-order valence-corrected chi connectivity index (χ1v) is 9.31. The van der Waals surface area contributed by atoms with Crippen LogP contribution in [-0.2, 0) is 11.5 Å².